The van der Waals surface area contributed by atoms with Crippen molar-refractivity contribution in [1.29, 1.82) is 5.26 Å². The summed E-state index contributed by atoms with van der Waals surface area (Å²) in [4.78, 5) is 7.51. The predicted octanol–water partition coefficient (Wildman–Crippen LogP) is 0.549. The van der Waals surface area contributed by atoms with Gasteiger partial charge >= 0.3 is 0 Å². The van der Waals surface area contributed by atoms with Gasteiger partial charge in [0.15, 0.2) is 11.7 Å². The van der Waals surface area contributed by atoms with E-state index < -0.39 is 0 Å². The first-order valence-electron chi connectivity index (χ1n) is 4.70. The van der Waals surface area contributed by atoms with Crippen LogP contribution in [0.1, 0.15) is 5.56 Å². The number of nitriles is 1. The third-order valence-electron chi connectivity index (χ3n) is 1.88. The standard InChI is InChI=1S/C10H11BrN6O/c1-18-8-5(4-12)7(3-2-6(8)11)16-10(15)17-9(13)14/h2-3H,1H3,(H6,13,14,15,16,17). The van der Waals surface area contributed by atoms with E-state index in [2.05, 4.69) is 25.9 Å². The molecule has 0 aromatic heterocycles. The summed E-state index contributed by atoms with van der Waals surface area (Å²) < 4.78 is 5.75. The normalized spacial score (nSPS) is 10.6. The number of guanidine groups is 2. The fraction of sp³-hybridized carbons (Fsp3) is 0.100. The van der Waals surface area contributed by atoms with Gasteiger partial charge in [-0.1, -0.05) is 0 Å². The molecule has 0 bridgehead atoms. The van der Waals surface area contributed by atoms with E-state index in [1.807, 2.05) is 6.07 Å². The van der Waals surface area contributed by atoms with Crippen LogP contribution in [0.2, 0.25) is 0 Å². The highest BCUT2D eigenvalue weighted by Crippen LogP contribution is 2.35. The second-order valence-electron chi connectivity index (χ2n) is 3.09. The number of halogens is 1. The maximum absolute atomic E-state index is 9.10. The molecule has 18 heavy (non-hydrogen) atoms. The summed E-state index contributed by atoms with van der Waals surface area (Å²) >= 11 is 3.27. The van der Waals surface area contributed by atoms with Gasteiger partial charge in [-0.25, -0.2) is 4.99 Å². The first-order valence-corrected chi connectivity index (χ1v) is 5.49. The number of nitrogens with two attached hydrogens (primary N) is 3. The molecule has 1 aromatic rings. The van der Waals surface area contributed by atoms with Gasteiger partial charge in [0.1, 0.15) is 11.6 Å². The minimum atomic E-state index is -0.209. The molecule has 0 radical (unpaired) electrons. The van der Waals surface area contributed by atoms with Crippen LogP contribution in [0.25, 0.3) is 0 Å². The highest BCUT2D eigenvalue weighted by Gasteiger charge is 2.12. The van der Waals surface area contributed by atoms with Crippen LogP contribution in [-0.4, -0.2) is 19.0 Å². The van der Waals surface area contributed by atoms with Crippen molar-refractivity contribution < 1.29 is 4.74 Å². The van der Waals surface area contributed by atoms with Crippen LogP contribution in [0.15, 0.2) is 26.6 Å². The van der Waals surface area contributed by atoms with Gasteiger partial charge in [-0.2, -0.15) is 10.3 Å². The Morgan fingerprint density at radius 1 is 1.39 bits per heavy atom. The molecule has 0 aliphatic heterocycles. The molecule has 1 aromatic carbocycles. The molecule has 0 heterocycles. The number of hydrogen-bond donors (Lipinski definition) is 3. The van der Waals surface area contributed by atoms with E-state index in [1.54, 1.807) is 12.1 Å². The Hall–Kier alpha value is -2.27. The molecule has 8 heteroatoms. The van der Waals surface area contributed by atoms with Crippen LogP contribution in [0, 0.1) is 11.3 Å². The Morgan fingerprint density at radius 2 is 2.06 bits per heavy atom. The number of ether oxygens (including phenoxy) is 1. The highest BCUT2D eigenvalue weighted by atomic mass is 79.9. The average molecular weight is 311 g/mol. The number of aliphatic imine (C=N–C) groups is 2. The Bertz CT molecular complexity index is 556. The van der Waals surface area contributed by atoms with Crippen molar-refractivity contribution in [3.63, 3.8) is 0 Å². The van der Waals surface area contributed by atoms with Crippen LogP contribution in [0.3, 0.4) is 0 Å². The fourth-order valence-corrected chi connectivity index (χ4v) is 1.72. The minimum Gasteiger partial charge on any atom is -0.494 e. The number of methoxy groups -OCH3 is 1. The van der Waals surface area contributed by atoms with Gasteiger partial charge in [0.25, 0.3) is 0 Å². The van der Waals surface area contributed by atoms with E-state index >= 15 is 0 Å². The van der Waals surface area contributed by atoms with Gasteiger partial charge in [0.2, 0.25) is 5.96 Å². The van der Waals surface area contributed by atoms with Crippen LogP contribution in [0.4, 0.5) is 5.69 Å². The molecule has 0 unspecified atom stereocenters. The van der Waals surface area contributed by atoms with Crippen molar-refractivity contribution in [3.8, 4) is 11.8 Å². The Balaban J connectivity index is 3.36. The number of benzene rings is 1. The van der Waals surface area contributed by atoms with E-state index in [0.29, 0.717) is 15.9 Å². The second-order valence-corrected chi connectivity index (χ2v) is 3.95. The molecule has 0 spiro atoms. The molecule has 1 rings (SSSR count). The monoisotopic (exact) mass is 310 g/mol. The van der Waals surface area contributed by atoms with E-state index in [0.717, 1.165) is 0 Å². The van der Waals surface area contributed by atoms with Crippen LogP contribution >= 0.6 is 15.9 Å². The molecule has 94 valence electrons. The lowest BCUT2D eigenvalue weighted by atomic mass is 10.2. The lowest BCUT2D eigenvalue weighted by Crippen LogP contribution is -2.26. The SMILES string of the molecule is COc1c(Br)ccc(N=C(N)N=C(N)N)c1C#N. The minimum absolute atomic E-state index is 0.143. The summed E-state index contributed by atoms with van der Waals surface area (Å²) in [5.41, 5.74) is 16.4. The highest BCUT2D eigenvalue weighted by molar-refractivity contribution is 9.10. The molecule has 6 N–H and O–H groups in total. The third-order valence-corrected chi connectivity index (χ3v) is 2.51. The number of rotatable bonds is 2. The molecule has 7 nitrogen and oxygen atoms in total. The van der Waals surface area contributed by atoms with E-state index in [1.165, 1.54) is 7.11 Å². The summed E-state index contributed by atoms with van der Waals surface area (Å²) in [6, 6.07) is 5.27. The van der Waals surface area contributed by atoms with E-state index in [4.69, 9.17) is 27.2 Å². The van der Waals surface area contributed by atoms with Crippen LogP contribution in [0.5, 0.6) is 5.75 Å². The zero-order valence-corrected chi connectivity index (χ0v) is 11.1. The second kappa shape index (κ2) is 5.88. The van der Waals surface area contributed by atoms with Gasteiger partial charge in [-0.15, -0.1) is 0 Å². The van der Waals surface area contributed by atoms with Crippen molar-refractivity contribution >= 4 is 33.5 Å². The lowest BCUT2D eigenvalue weighted by molar-refractivity contribution is 0.411. The summed E-state index contributed by atoms with van der Waals surface area (Å²) in [7, 11) is 1.45. The molecule has 0 aliphatic rings. The molecule has 0 atom stereocenters. The zero-order valence-electron chi connectivity index (χ0n) is 9.51. The number of nitrogens with zero attached hydrogens (tertiary/aromatic N) is 3. The molecule has 0 aliphatic carbocycles. The maximum Gasteiger partial charge on any atom is 0.223 e. The largest absolute Gasteiger partial charge is 0.494 e. The molecule has 0 saturated carbocycles. The van der Waals surface area contributed by atoms with Crippen molar-refractivity contribution in [2.75, 3.05) is 7.11 Å². The van der Waals surface area contributed by atoms with E-state index in [9.17, 15) is 0 Å². The van der Waals surface area contributed by atoms with E-state index in [-0.39, 0.29) is 17.5 Å². The van der Waals surface area contributed by atoms with Crippen molar-refractivity contribution in [2.24, 2.45) is 27.2 Å². The molecular formula is C10H11BrN6O. The topological polar surface area (TPSA) is 136 Å². The number of hydrogen-bond acceptors (Lipinski definition) is 3. The molecule has 0 amide bonds. The molecular weight excluding hydrogens is 300 g/mol. The van der Waals surface area contributed by atoms with Crippen molar-refractivity contribution in [3.05, 3.63) is 22.2 Å². The maximum atomic E-state index is 9.10. The molecule has 0 fully saturated rings. The van der Waals surface area contributed by atoms with Gasteiger partial charge < -0.3 is 21.9 Å². The van der Waals surface area contributed by atoms with Crippen molar-refractivity contribution in [2.45, 2.75) is 0 Å². The third kappa shape index (κ3) is 3.11. The quantitative estimate of drug-likeness (QED) is 0.541. The van der Waals surface area contributed by atoms with Crippen molar-refractivity contribution in [1.82, 2.24) is 0 Å². The van der Waals surface area contributed by atoms with Gasteiger partial charge in [0, 0.05) is 0 Å². The smallest absolute Gasteiger partial charge is 0.223 e. The summed E-state index contributed by atoms with van der Waals surface area (Å²) in [6.45, 7) is 0. The summed E-state index contributed by atoms with van der Waals surface area (Å²) in [5.74, 6) is 0.0194. The fourth-order valence-electron chi connectivity index (χ4n) is 1.23. The Morgan fingerprint density at radius 3 is 2.56 bits per heavy atom. The lowest BCUT2D eigenvalue weighted by Gasteiger charge is -2.07. The first kappa shape index (κ1) is 13.8. The van der Waals surface area contributed by atoms with Gasteiger partial charge in [-0.3, -0.25) is 0 Å². The van der Waals surface area contributed by atoms with Gasteiger partial charge in [0.05, 0.1) is 17.3 Å². The zero-order chi connectivity index (χ0) is 13.7. The summed E-state index contributed by atoms with van der Waals surface area (Å²) in [5, 5.41) is 9.10. The predicted molar refractivity (Wildman–Crippen MR) is 72.5 cm³/mol. The Kier molecular flexibility index (Phi) is 4.51. The van der Waals surface area contributed by atoms with Crippen LogP contribution < -0.4 is 21.9 Å². The first-order chi connectivity index (χ1) is 8.49. The van der Waals surface area contributed by atoms with Gasteiger partial charge in [-0.05, 0) is 28.1 Å². The van der Waals surface area contributed by atoms with Crippen LogP contribution in [-0.2, 0) is 0 Å². The summed E-state index contributed by atoms with van der Waals surface area (Å²) in [6.07, 6.45) is 0. The Labute approximate surface area is 112 Å². The molecule has 0 saturated heterocycles. The average Bonchev–Trinajstić information content (AvgIpc) is 2.29.